The van der Waals surface area contributed by atoms with Crippen molar-refractivity contribution in [3.05, 3.63) is 54.3 Å². The van der Waals surface area contributed by atoms with Crippen LogP contribution in [0.5, 0.6) is 5.75 Å². The van der Waals surface area contributed by atoms with Gasteiger partial charge in [0.05, 0.1) is 10.2 Å². The van der Waals surface area contributed by atoms with Gasteiger partial charge >= 0.3 is 0 Å². The molecular formula is C22H26FN3OS. The number of hydrogen-bond donors (Lipinski definition) is 1. The lowest BCUT2D eigenvalue weighted by atomic mass is 9.87. The minimum Gasteiger partial charge on any atom is -0.492 e. The van der Waals surface area contributed by atoms with E-state index in [1.54, 1.807) is 23.5 Å². The van der Waals surface area contributed by atoms with E-state index >= 15 is 0 Å². The minimum atomic E-state index is -0.234. The molecule has 2 heterocycles. The molecule has 2 atom stereocenters. The number of anilines is 1. The van der Waals surface area contributed by atoms with Gasteiger partial charge in [0.15, 0.2) is 5.13 Å². The first-order chi connectivity index (χ1) is 13.7. The highest BCUT2D eigenvalue weighted by Gasteiger charge is 2.26. The second-order valence-electron chi connectivity index (χ2n) is 7.50. The van der Waals surface area contributed by atoms with Crippen LogP contribution in [0.4, 0.5) is 9.52 Å². The first-order valence-corrected chi connectivity index (χ1v) is 10.7. The van der Waals surface area contributed by atoms with E-state index in [2.05, 4.69) is 40.3 Å². The predicted octanol–water partition coefficient (Wildman–Crippen LogP) is 4.88. The van der Waals surface area contributed by atoms with E-state index in [1.165, 1.54) is 23.3 Å². The smallest absolute Gasteiger partial charge is 0.183 e. The van der Waals surface area contributed by atoms with Crippen LogP contribution in [-0.4, -0.2) is 42.7 Å². The molecule has 3 aromatic rings. The lowest BCUT2D eigenvalue weighted by Crippen LogP contribution is -2.43. The van der Waals surface area contributed by atoms with E-state index in [9.17, 15) is 4.39 Å². The molecule has 1 N–H and O–H groups in total. The minimum absolute atomic E-state index is 0.234. The van der Waals surface area contributed by atoms with Crippen LogP contribution in [0.25, 0.3) is 10.2 Å². The summed E-state index contributed by atoms with van der Waals surface area (Å²) in [5, 5.41) is 4.57. The molecule has 1 saturated heterocycles. The number of benzene rings is 2. The number of aromatic nitrogens is 1. The van der Waals surface area contributed by atoms with Crippen LogP contribution in [0.15, 0.2) is 48.5 Å². The fourth-order valence-corrected chi connectivity index (χ4v) is 4.65. The topological polar surface area (TPSA) is 37.4 Å². The number of para-hydroxylation sites is 1. The second kappa shape index (κ2) is 8.88. The number of nitrogens with zero attached hydrogens (tertiary/aromatic N) is 2. The maximum atomic E-state index is 12.9. The quantitative estimate of drug-likeness (QED) is 0.614. The third-order valence-electron chi connectivity index (χ3n) is 5.47. The van der Waals surface area contributed by atoms with Crippen molar-refractivity contribution < 1.29 is 9.13 Å². The highest BCUT2D eigenvalue weighted by molar-refractivity contribution is 7.22. The lowest BCUT2D eigenvalue weighted by molar-refractivity contribution is 0.117. The zero-order valence-electron chi connectivity index (χ0n) is 16.1. The summed E-state index contributed by atoms with van der Waals surface area (Å²) >= 11 is 1.72. The van der Waals surface area contributed by atoms with Crippen molar-refractivity contribution in [2.24, 2.45) is 11.8 Å². The Kier molecular flexibility index (Phi) is 6.07. The number of nitrogens with one attached hydrogen (secondary N) is 1. The maximum absolute atomic E-state index is 12.9. The predicted molar refractivity (Wildman–Crippen MR) is 114 cm³/mol. The van der Waals surface area contributed by atoms with Gasteiger partial charge in [0.2, 0.25) is 0 Å². The van der Waals surface area contributed by atoms with E-state index in [1.807, 2.05) is 6.07 Å². The first-order valence-electron chi connectivity index (χ1n) is 9.87. The van der Waals surface area contributed by atoms with Gasteiger partial charge in [0, 0.05) is 19.6 Å². The van der Waals surface area contributed by atoms with Crippen molar-refractivity contribution in [3.63, 3.8) is 0 Å². The summed E-state index contributed by atoms with van der Waals surface area (Å²) in [6.07, 6.45) is 1.18. The van der Waals surface area contributed by atoms with E-state index in [0.29, 0.717) is 18.4 Å². The van der Waals surface area contributed by atoms with Gasteiger partial charge in [0.25, 0.3) is 0 Å². The summed E-state index contributed by atoms with van der Waals surface area (Å²) in [6, 6.07) is 14.5. The average Bonchev–Trinajstić information content (AvgIpc) is 3.12. The van der Waals surface area contributed by atoms with Gasteiger partial charge in [-0.25, -0.2) is 9.37 Å². The van der Waals surface area contributed by atoms with Crippen LogP contribution in [0.1, 0.15) is 13.3 Å². The Balaban J connectivity index is 1.20. The standard InChI is InChI=1S/C22H26FN3OS/c1-16-15-26(12-13-27-19-8-6-18(23)7-9-19)11-10-17(16)14-24-22-25-20-4-2-3-5-21(20)28-22/h2-9,16-17H,10-15H2,1H3,(H,24,25)/t16-,17-/m0/s1. The maximum Gasteiger partial charge on any atom is 0.183 e. The molecule has 1 aliphatic rings. The third-order valence-corrected chi connectivity index (χ3v) is 6.46. The van der Waals surface area contributed by atoms with Crippen LogP contribution >= 0.6 is 11.3 Å². The summed E-state index contributed by atoms with van der Waals surface area (Å²) in [5.74, 6) is 1.77. The number of fused-ring (bicyclic) bond motifs is 1. The summed E-state index contributed by atoms with van der Waals surface area (Å²) < 4.78 is 19.9. The van der Waals surface area contributed by atoms with Gasteiger partial charge in [-0.3, -0.25) is 4.90 Å². The highest BCUT2D eigenvalue weighted by Crippen LogP contribution is 2.28. The van der Waals surface area contributed by atoms with Crippen LogP contribution in [0, 0.1) is 17.7 Å². The summed E-state index contributed by atoms with van der Waals surface area (Å²) in [7, 11) is 0. The van der Waals surface area contributed by atoms with Crippen LogP contribution < -0.4 is 10.1 Å². The van der Waals surface area contributed by atoms with Crippen LogP contribution in [0.2, 0.25) is 0 Å². The van der Waals surface area contributed by atoms with Crippen LogP contribution in [-0.2, 0) is 0 Å². The number of rotatable bonds is 7. The molecule has 0 radical (unpaired) electrons. The Morgan fingerprint density at radius 2 is 2.04 bits per heavy atom. The SMILES string of the molecule is C[C@H]1CN(CCOc2ccc(F)cc2)CC[C@H]1CNc1nc2ccccc2s1. The van der Waals surface area contributed by atoms with Crippen molar-refractivity contribution in [1.82, 2.24) is 9.88 Å². The molecule has 0 amide bonds. The zero-order valence-corrected chi connectivity index (χ0v) is 16.9. The Labute approximate surface area is 169 Å². The molecule has 28 heavy (non-hydrogen) atoms. The van der Waals surface area contributed by atoms with Gasteiger partial charge in [-0.2, -0.15) is 0 Å². The number of likely N-dealkylation sites (tertiary alicyclic amines) is 1. The van der Waals surface area contributed by atoms with Crippen molar-refractivity contribution in [3.8, 4) is 5.75 Å². The molecule has 4 rings (SSSR count). The Bertz CT molecular complexity index is 865. The molecule has 0 unspecified atom stereocenters. The molecule has 6 heteroatoms. The molecule has 148 valence electrons. The molecule has 0 saturated carbocycles. The molecule has 0 aliphatic carbocycles. The first kappa shape index (κ1) is 19.2. The summed E-state index contributed by atoms with van der Waals surface area (Å²) in [4.78, 5) is 7.13. The van der Waals surface area contributed by atoms with Crippen molar-refractivity contribution in [1.29, 1.82) is 0 Å². The zero-order chi connectivity index (χ0) is 19.3. The fourth-order valence-electron chi connectivity index (χ4n) is 3.78. The van der Waals surface area contributed by atoms with Crippen molar-refractivity contribution in [2.75, 3.05) is 38.1 Å². The monoisotopic (exact) mass is 399 g/mol. The Morgan fingerprint density at radius 1 is 1.21 bits per heavy atom. The molecular weight excluding hydrogens is 373 g/mol. The van der Waals surface area contributed by atoms with E-state index in [4.69, 9.17) is 4.74 Å². The molecule has 0 bridgehead atoms. The number of piperidine rings is 1. The molecule has 4 nitrogen and oxygen atoms in total. The normalized spacial score (nSPS) is 20.4. The Morgan fingerprint density at radius 3 is 2.82 bits per heavy atom. The van der Waals surface area contributed by atoms with Gasteiger partial charge in [0.1, 0.15) is 18.2 Å². The second-order valence-corrected chi connectivity index (χ2v) is 8.53. The largest absolute Gasteiger partial charge is 0.492 e. The average molecular weight is 400 g/mol. The molecule has 1 aliphatic heterocycles. The number of hydrogen-bond acceptors (Lipinski definition) is 5. The number of ether oxygens (including phenoxy) is 1. The molecule has 1 aromatic heterocycles. The van der Waals surface area contributed by atoms with Crippen molar-refractivity contribution in [2.45, 2.75) is 13.3 Å². The summed E-state index contributed by atoms with van der Waals surface area (Å²) in [5.41, 5.74) is 1.07. The van der Waals surface area contributed by atoms with E-state index in [0.717, 1.165) is 42.6 Å². The number of thiazole rings is 1. The van der Waals surface area contributed by atoms with Crippen LogP contribution in [0.3, 0.4) is 0 Å². The van der Waals surface area contributed by atoms with E-state index < -0.39 is 0 Å². The highest BCUT2D eigenvalue weighted by atomic mass is 32.1. The molecule has 1 fully saturated rings. The van der Waals surface area contributed by atoms with Gasteiger partial charge < -0.3 is 10.1 Å². The lowest BCUT2D eigenvalue weighted by Gasteiger charge is -2.36. The van der Waals surface area contributed by atoms with E-state index in [-0.39, 0.29) is 5.82 Å². The fraction of sp³-hybridized carbons (Fsp3) is 0.409. The number of halogens is 1. The molecule has 2 aromatic carbocycles. The third kappa shape index (κ3) is 4.80. The molecule has 0 spiro atoms. The summed E-state index contributed by atoms with van der Waals surface area (Å²) in [6.45, 7) is 7.01. The van der Waals surface area contributed by atoms with Crippen molar-refractivity contribution >= 4 is 26.7 Å². The van der Waals surface area contributed by atoms with Gasteiger partial charge in [-0.15, -0.1) is 0 Å². The van der Waals surface area contributed by atoms with Gasteiger partial charge in [-0.1, -0.05) is 30.4 Å². The Hall–Kier alpha value is -2.18. The van der Waals surface area contributed by atoms with Gasteiger partial charge in [-0.05, 0) is 61.2 Å².